The second kappa shape index (κ2) is 4.66. The van der Waals surface area contributed by atoms with Gasteiger partial charge in [-0.05, 0) is 36.0 Å². The summed E-state index contributed by atoms with van der Waals surface area (Å²) in [6.07, 6.45) is 3.11. The molecule has 0 amide bonds. The zero-order valence-electron chi connectivity index (χ0n) is 9.40. The number of hydrogen-bond acceptors (Lipinski definition) is 2. The molecular weight excluding hydrogens is 204 g/mol. The van der Waals surface area contributed by atoms with Gasteiger partial charge in [0.15, 0.2) is 6.10 Å². The van der Waals surface area contributed by atoms with Crippen molar-refractivity contribution in [3.63, 3.8) is 0 Å². The molecule has 1 atom stereocenters. The van der Waals surface area contributed by atoms with E-state index < -0.39 is 12.1 Å². The van der Waals surface area contributed by atoms with Gasteiger partial charge in [0.25, 0.3) is 0 Å². The Balaban J connectivity index is 2.21. The quantitative estimate of drug-likeness (QED) is 0.841. The van der Waals surface area contributed by atoms with Crippen molar-refractivity contribution < 1.29 is 14.6 Å². The summed E-state index contributed by atoms with van der Waals surface area (Å²) in [5.74, 6) is -0.891. The maximum atomic E-state index is 10.9. The van der Waals surface area contributed by atoms with E-state index in [4.69, 9.17) is 9.84 Å². The Bertz CT molecular complexity index is 398. The normalized spacial score (nSPS) is 15.8. The summed E-state index contributed by atoms with van der Waals surface area (Å²) < 4.78 is 4.98. The molecule has 0 fully saturated rings. The minimum Gasteiger partial charge on any atom is -0.479 e. The van der Waals surface area contributed by atoms with Crippen molar-refractivity contribution in [1.82, 2.24) is 0 Å². The number of aryl methyl sites for hydroxylation is 1. The molecule has 0 aromatic heterocycles. The second-order valence-corrected chi connectivity index (χ2v) is 4.18. The summed E-state index contributed by atoms with van der Waals surface area (Å²) >= 11 is 0. The molecule has 1 unspecified atom stereocenters. The summed E-state index contributed by atoms with van der Waals surface area (Å²) in [5, 5.41) is 8.96. The van der Waals surface area contributed by atoms with Crippen molar-refractivity contribution in [2.45, 2.75) is 31.8 Å². The van der Waals surface area contributed by atoms with Crippen molar-refractivity contribution in [1.29, 1.82) is 0 Å². The first-order chi connectivity index (χ1) is 7.72. The number of methoxy groups -OCH3 is 1. The Labute approximate surface area is 95.0 Å². The van der Waals surface area contributed by atoms with Crippen LogP contribution in [0, 0.1) is 0 Å². The van der Waals surface area contributed by atoms with Gasteiger partial charge in [0.2, 0.25) is 0 Å². The molecule has 0 spiro atoms. The highest BCUT2D eigenvalue weighted by atomic mass is 16.5. The maximum Gasteiger partial charge on any atom is 0.333 e. The van der Waals surface area contributed by atoms with E-state index in [0.717, 1.165) is 18.4 Å². The zero-order chi connectivity index (χ0) is 11.5. The van der Waals surface area contributed by atoms with Gasteiger partial charge in [-0.3, -0.25) is 0 Å². The number of carbonyl (C=O) groups is 1. The predicted molar refractivity (Wildman–Crippen MR) is 60.6 cm³/mol. The first kappa shape index (κ1) is 11.1. The second-order valence-electron chi connectivity index (χ2n) is 4.18. The predicted octanol–water partition coefficient (Wildman–Crippen LogP) is 1.82. The molecule has 0 bridgehead atoms. The van der Waals surface area contributed by atoms with Gasteiger partial charge in [-0.2, -0.15) is 0 Å². The Morgan fingerprint density at radius 2 is 2.31 bits per heavy atom. The molecule has 1 aliphatic rings. The molecule has 1 aromatic rings. The van der Waals surface area contributed by atoms with Gasteiger partial charge in [0, 0.05) is 13.5 Å². The Hall–Kier alpha value is -1.35. The molecule has 3 heteroatoms. The molecule has 1 N–H and O–H groups in total. The third-order valence-electron chi connectivity index (χ3n) is 3.21. The lowest BCUT2D eigenvalue weighted by Crippen LogP contribution is -2.25. The number of benzene rings is 1. The van der Waals surface area contributed by atoms with E-state index in [1.807, 2.05) is 12.1 Å². The van der Waals surface area contributed by atoms with Crippen LogP contribution in [0.2, 0.25) is 0 Å². The van der Waals surface area contributed by atoms with Gasteiger partial charge >= 0.3 is 5.97 Å². The van der Waals surface area contributed by atoms with Crippen LogP contribution in [0.3, 0.4) is 0 Å². The molecule has 0 saturated carbocycles. The number of carboxylic acids is 1. The van der Waals surface area contributed by atoms with Gasteiger partial charge in [-0.1, -0.05) is 18.2 Å². The van der Waals surface area contributed by atoms with Crippen LogP contribution in [0.25, 0.3) is 0 Å². The molecule has 16 heavy (non-hydrogen) atoms. The van der Waals surface area contributed by atoms with Crippen LogP contribution in [0.15, 0.2) is 18.2 Å². The SMILES string of the molecule is COC(Cc1cccc2c1CCC2)C(=O)O. The zero-order valence-corrected chi connectivity index (χ0v) is 9.40. The van der Waals surface area contributed by atoms with Gasteiger partial charge in [-0.25, -0.2) is 4.79 Å². The number of aliphatic carboxylic acids is 1. The molecule has 3 nitrogen and oxygen atoms in total. The fraction of sp³-hybridized carbons (Fsp3) is 0.462. The highest BCUT2D eigenvalue weighted by molar-refractivity contribution is 5.72. The van der Waals surface area contributed by atoms with E-state index in [1.165, 1.54) is 24.7 Å². The Morgan fingerprint density at radius 3 is 3.00 bits per heavy atom. The van der Waals surface area contributed by atoms with Crippen molar-refractivity contribution in [2.24, 2.45) is 0 Å². The fourth-order valence-electron chi connectivity index (χ4n) is 2.36. The van der Waals surface area contributed by atoms with E-state index in [1.54, 1.807) is 0 Å². The van der Waals surface area contributed by atoms with Crippen molar-refractivity contribution in [3.05, 3.63) is 34.9 Å². The average molecular weight is 220 g/mol. The minimum atomic E-state index is -0.891. The molecule has 0 aliphatic heterocycles. The molecular formula is C13H16O3. The monoisotopic (exact) mass is 220 g/mol. The van der Waals surface area contributed by atoms with Crippen molar-refractivity contribution in [2.75, 3.05) is 7.11 Å². The Kier molecular flexibility index (Phi) is 3.25. The number of rotatable bonds is 4. The van der Waals surface area contributed by atoms with Crippen molar-refractivity contribution in [3.8, 4) is 0 Å². The molecule has 0 heterocycles. The van der Waals surface area contributed by atoms with Crippen LogP contribution in [0.5, 0.6) is 0 Å². The van der Waals surface area contributed by atoms with Gasteiger partial charge < -0.3 is 9.84 Å². The third kappa shape index (κ3) is 2.09. The summed E-state index contributed by atoms with van der Waals surface area (Å²) in [7, 11) is 1.45. The van der Waals surface area contributed by atoms with E-state index in [0.29, 0.717) is 6.42 Å². The van der Waals surface area contributed by atoms with E-state index in [-0.39, 0.29) is 0 Å². The standard InChI is InChI=1S/C13H16O3/c1-16-12(13(14)15)8-10-6-2-4-9-5-3-7-11(9)10/h2,4,6,12H,3,5,7-8H2,1H3,(H,14,15). The van der Waals surface area contributed by atoms with Gasteiger partial charge in [-0.15, -0.1) is 0 Å². The van der Waals surface area contributed by atoms with E-state index in [2.05, 4.69) is 6.07 Å². The van der Waals surface area contributed by atoms with Gasteiger partial charge in [0.1, 0.15) is 0 Å². The van der Waals surface area contributed by atoms with Crippen LogP contribution in [0.4, 0.5) is 0 Å². The first-order valence-electron chi connectivity index (χ1n) is 5.57. The summed E-state index contributed by atoms with van der Waals surface area (Å²) in [5.41, 5.74) is 3.84. The largest absolute Gasteiger partial charge is 0.479 e. The molecule has 2 rings (SSSR count). The van der Waals surface area contributed by atoms with E-state index >= 15 is 0 Å². The molecule has 1 aliphatic carbocycles. The highest BCUT2D eigenvalue weighted by Crippen LogP contribution is 2.26. The van der Waals surface area contributed by atoms with Crippen molar-refractivity contribution >= 4 is 5.97 Å². The summed E-state index contributed by atoms with van der Waals surface area (Å²) in [4.78, 5) is 10.9. The lowest BCUT2D eigenvalue weighted by Gasteiger charge is -2.13. The minimum absolute atomic E-state index is 0.467. The fourth-order valence-corrected chi connectivity index (χ4v) is 2.36. The summed E-state index contributed by atoms with van der Waals surface area (Å²) in [6.45, 7) is 0. The molecule has 86 valence electrons. The number of fused-ring (bicyclic) bond motifs is 1. The Morgan fingerprint density at radius 1 is 1.50 bits per heavy atom. The first-order valence-corrected chi connectivity index (χ1v) is 5.57. The summed E-state index contributed by atoms with van der Waals surface area (Å²) in [6, 6.07) is 6.15. The molecule has 0 radical (unpaired) electrons. The number of ether oxygens (including phenoxy) is 1. The van der Waals surface area contributed by atoms with Crippen LogP contribution in [-0.4, -0.2) is 24.3 Å². The lowest BCUT2D eigenvalue weighted by molar-refractivity contribution is -0.148. The highest BCUT2D eigenvalue weighted by Gasteiger charge is 2.21. The maximum absolute atomic E-state index is 10.9. The van der Waals surface area contributed by atoms with Crippen LogP contribution in [-0.2, 0) is 28.8 Å². The lowest BCUT2D eigenvalue weighted by atomic mass is 9.98. The number of carboxylic acid groups (broad SMARTS) is 1. The van der Waals surface area contributed by atoms with Crippen LogP contribution < -0.4 is 0 Å². The number of hydrogen-bond donors (Lipinski definition) is 1. The molecule has 0 saturated heterocycles. The topological polar surface area (TPSA) is 46.5 Å². The van der Waals surface area contributed by atoms with Gasteiger partial charge in [0.05, 0.1) is 0 Å². The third-order valence-corrected chi connectivity index (χ3v) is 3.21. The molecule has 1 aromatic carbocycles. The van der Waals surface area contributed by atoms with Crippen LogP contribution in [0.1, 0.15) is 23.1 Å². The van der Waals surface area contributed by atoms with Crippen LogP contribution >= 0.6 is 0 Å². The smallest absolute Gasteiger partial charge is 0.333 e. The van der Waals surface area contributed by atoms with E-state index in [9.17, 15) is 4.79 Å². The average Bonchev–Trinajstić information content (AvgIpc) is 2.73.